The van der Waals surface area contributed by atoms with Crippen molar-refractivity contribution in [3.8, 4) is 5.75 Å². The number of nitrogens with one attached hydrogen (secondary N) is 1. The number of nitrogens with two attached hydrogens (primary N) is 1. The quantitative estimate of drug-likeness (QED) is 0.445. The number of carbonyl (C=O) groups is 2. The fourth-order valence-corrected chi connectivity index (χ4v) is 5.28. The molecule has 2 amide bonds. The van der Waals surface area contributed by atoms with Crippen molar-refractivity contribution in [3.05, 3.63) is 81.7 Å². The molecule has 3 N–H and O–H groups in total. The molecule has 6 nitrogen and oxygen atoms in total. The molecule has 3 aromatic rings. The van der Waals surface area contributed by atoms with Gasteiger partial charge in [-0.2, -0.15) is 0 Å². The van der Waals surface area contributed by atoms with Crippen molar-refractivity contribution in [2.45, 2.75) is 39.3 Å². The van der Waals surface area contributed by atoms with E-state index in [2.05, 4.69) is 29.3 Å². The third-order valence-corrected chi connectivity index (χ3v) is 6.87. The Balaban J connectivity index is 1.47. The monoisotopic (exact) mass is 463 g/mol. The molecule has 0 unspecified atom stereocenters. The topological polar surface area (TPSA) is 84.7 Å². The maximum absolute atomic E-state index is 12.9. The molecule has 0 aliphatic carbocycles. The third kappa shape index (κ3) is 5.61. The summed E-state index contributed by atoms with van der Waals surface area (Å²) in [5.41, 5.74) is 8.89. The summed E-state index contributed by atoms with van der Waals surface area (Å²) in [6.45, 7) is 5.19. The van der Waals surface area contributed by atoms with Gasteiger partial charge >= 0.3 is 0 Å². The molecule has 172 valence electrons. The maximum Gasteiger partial charge on any atom is 0.256 e. The largest absolute Gasteiger partial charge is 0.494 e. The molecular formula is C26H29N3O3S. The van der Waals surface area contributed by atoms with Crippen molar-refractivity contribution >= 4 is 28.2 Å². The number of benzene rings is 2. The van der Waals surface area contributed by atoms with E-state index in [4.69, 9.17) is 10.5 Å². The smallest absolute Gasteiger partial charge is 0.256 e. The Kier molecular flexibility index (Phi) is 7.42. The first-order valence-electron chi connectivity index (χ1n) is 11.3. The van der Waals surface area contributed by atoms with E-state index in [1.54, 1.807) is 24.3 Å². The molecule has 1 aliphatic heterocycles. The zero-order valence-electron chi connectivity index (χ0n) is 18.8. The zero-order valence-corrected chi connectivity index (χ0v) is 19.6. The second-order valence-electron chi connectivity index (χ2n) is 8.20. The molecule has 0 radical (unpaired) electrons. The van der Waals surface area contributed by atoms with Crippen LogP contribution in [0.4, 0.5) is 5.00 Å². The lowest BCUT2D eigenvalue weighted by Gasteiger charge is -2.27. The summed E-state index contributed by atoms with van der Waals surface area (Å²) >= 11 is 1.45. The van der Waals surface area contributed by atoms with Gasteiger partial charge in [0, 0.05) is 30.1 Å². The first kappa shape index (κ1) is 23.0. The minimum atomic E-state index is -0.501. The second-order valence-corrected chi connectivity index (χ2v) is 9.30. The summed E-state index contributed by atoms with van der Waals surface area (Å²) in [5, 5.41) is 3.45. The predicted molar refractivity (Wildman–Crippen MR) is 132 cm³/mol. The van der Waals surface area contributed by atoms with Gasteiger partial charge in [0.2, 0.25) is 0 Å². The number of ether oxygens (including phenoxy) is 1. The molecule has 0 atom stereocenters. The van der Waals surface area contributed by atoms with Crippen molar-refractivity contribution in [3.63, 3.8) is 0 Å². The van der Waals surface area contributed by atoms with Crippen molar-refractivity contribution < 1.29 is 14.3 Å². The zero-order chi connectivity index (χ0) is 23.2. The van der Waals surface area contributed by atoms with E-state index >= 15 is 0 Å². The molecule has 1 aliphatic rings. The van der Waals surface area contributed by atoms with Crippen molar-refractivity contribution in [1.82, 2.24) is 4.90 Å². The summed E-state index contributed by atoms with van der Waals surface area (Å²) in [6, 6.07) is 17.4. The first-order valence-corrected chi connectivity index (χ1v) is 12.1. The fraction of sp³-hybridized carbons (Fsp3) is 0.308. The van der Waals surface area contributed by atoms with Gasteiger partial charge in [0.1, 0.15) is 10.8 Å². The van der Waals surface area contributed by atoms with Crippen LogP contribution in [-0.2, 0) is 19.5 Å². The highest BCUT2D eigenvalue weighted by atomic mass is 32.1. The standard InChI is InChI=1S/C26H29N3O3S/c1-2-3-15-32-20-11-9-19(10-12-20)25(31)28-26-23(24(27)30)21-13-14-29(17-22(21)33-26)16-18-7-5-4-6-8-18/h4-12H,2-3,13-17H2,1H3,(H2,27,30)(H,28,31). The van der Waals surface area contributed by atoms with E-state index in [1.165, 1.54) is 16.9 Å². The van der Waals surface area contributed by atoms with Gasteiger partial charge in [-0.1, -0.05) is 43.7 Å². The van der Waals surface area contributed by atoms with Gasteiger partial charge in [-0.05, 0) is 48.2 Å². The lowest BCUT2D eigenvalue weighted by atomic mass is 10.0. The lowest BCUT2D eigenvalue weighted by molar-refractivity contribution is 0.0999. The van der Waals surface area contributed by atoms with Crippen molar-refractivity contribution in [2.24, 2.45) is 5.73 Å². The van der Waals surface area contributed by atoms with Crippen LogP contribution in [0.15, 0.2) is 54.6 Å². The Bertz CT molecular complexity index is 1110. The minimum absolute atomic E-state index is 0.266. The molecule has 2 aromatic carbocycles. The summed E-state index contributed by atoms with van der Waals surface area (Å²) < 4.78 is 5.66. The number of hydrogen-bond donors (Lipinski definition) is 2. The Morgan fingerprint density at radius 2 is 1.88 bits per heavy atom. The Morgan fingerprint density at radius 1 is 1.12 bits per heavy atom. The van der Waals surface area contributed by atoms with Crippen LogP contribution in [0.5, 0.6) is 5.75 Å². The Labute approximate surface area is 198 Å². The summed E-state index contributed by atoms with van der Waals surface area (Å²) in [4.78, 5) is 28.6. The van der Waals surface area contributed by atoms with E-state index in [-0.39, 0.29) is 5.91 Å². The maximum atomic E-state index is 12.9. The number of unbranched alkanes of at least 4 members (excludes halogenated alkanes) is 1. The lowest BCUT2D eigenvalue weighted by Crippen LogP contribution is -2.30. The molecule has 0 spiro atoms. The van der Waals surface area contributed by atoms with E-state index in [0.717, 1.165) is 55.1 Å². The second kappa shape index (κ2) is 10.6. The number of amides is 2. The Hall–Kier alpha value is -3.16. The molecule has 4 rings (SSSR count). The number of primary amides is 1. The van der Waals surface area contributed by atoms with Crippen molar-refractivity contribution in [2.75, 3.05) is 18.5 Å². The molecule has 1 aromatic heterocycles. The number of hydrogen-bond acceptors (Lipinski definition) is 5. The number of nitrogens with zero attached hydrogens (tertiary/aromatic N) is 1. The summed E-state index contributed by atoms with van der Waals surface area (Å²) in [5.74, 6) is -0.0285. The first-order chi connectivity index (χ1) is 16.0. The third-order valence-electron chi connectivity index (χ3n) is 5.74. The van der Waals surface area contributed by atoms with Crippen LogP contribution < -0.4 is 15.8 Å². The van der Waals surface area contributed by atoms with Gasteiger partial charge in [-0.15, -0.1) is 11.3 Å². The van der Waals surface area contributed by atoms with Gasteiger partial charge in [-0.25, -0.2) is 0 Å². The van der Waals surface area contributed by atoms with Gasteiger partial charge < -0.3 is 15.8 Å². The van der Waals surface area contributed by atoms with Crippen LogP contribution in [0.3, 0.4) is 0 Å². The van der Waals surface area contributed by atoms with Gasteiger partial charge in [-0.3, -0.25) is 14.5 Å². The number of thiophene rings is 1. The molecule has 2 heterocycles. The molecule has 0 fully saturated rings. The SMILES string of the molecule is CCCCOc1ccc(C(=O)Nc2sc3c(c2C(N)=O)CCN(Cc2ccccc2)C3)cc1. The molecule has 0 bridgehead atoms. The number of fused-ring (bicyclic) bond motifs is 1. The molecular weight excluding hydrogens is 434 g/mol. The van der Waals surface area contributed by atoms with Crippen LogP contribution in [-0.4, -0.2) is 29.9 Å². The van der Waals surface area contributed by atoms with Gasteiger partial charge in [0.25, 0.3) is 11.8 Å². The highest BCUT2D eigenvalue weighted by molar-refractivity contribution is 7.17. The summed E-state index contributed by atoms with van der Waals surface area (Å²) in [6.07, 6.45) is 2.79. The van der Waals surface area contributed by atoms with Gasteiger partial charge in [0.05, 0.1) is 12.2 Å². The van der Waals surface area contributed by atoms with Gasteiger partial charge in [0.15, 0.2) is 0 Å². The highest BCUT2D eigenvalue weighted by Crippen LogP contribution is 2.37. The molecule has 33 heavy (non-hydrogen) atoms. The number of anilines is 1. The van der Waals surface area contributed by atoms with E-state index in [9.17, 15) is 9.59 Å². The Morgan fingerprint density at radius 3 is 2.58 bits per heavy atom. The van der Waals surface area contributed by atoms with E-state index < -0.39 is 5.91 Å². The molecule has 0 saturated carbocycles. The van der Waals surface area contributed by atoms with Crippen LogP contribution in [0, 0.1) is 0 Å². The normalized spacial score (nSPS) is 13.4. The molecule has 7 heteroatoms. The van der Waals surface area contributed by atoms with Crippen LogP contribution in [0.1, 0.15) is 56.5 Å². The fourth-order valence-electron chi connectivity index (χ4n) is 3.99. The average Bonchev–Trinajstić information content (AvgIpc) is 3.17. The van der Waals surface area contributed by atoms with Crippen LogP contribution in [0.25, 0.3) is 0 Å². The number of carbonyl (C=O) groups excluding carboxylic acids is 2. The highest BCUT2D eigenvalue weighted by Gasteiger charge is 2.28. The van der Waals surface area contributed by atoms with E-state index in [1.807, 2.05) is 18.2 Å². The summed E-state index contributed by atoms with van der Waals surface area (Å²) in [7, 11) is 0. The van der Waals surface area contributed by atoms with Crippen LogP contribution in [0.2, 0.25) is 0 Å². The minimum Gasteiger partial charge on any atom is -0.494 e. The predicted octanol–water partition coefficient (Wildman–Crippen LogP) is 4.84. The van der Waals surface area contributed by atoms with Crippen molar-refractivity contribution in [1.29, 1.82) is 0 Å². The van der Waals surface area contributed by atoms with E-state index in [0.29, 0.717) is 22.7 Å². The molecule has 0 saturated heterocycles. The number of rotatable bonds is 9. The van der Waals surface area contributed by atoms with Crippen LogP contribution >= 0.6 is 11.3 Å². The average molecular weight is 464 g/mol.